The molecular weight excluding hydrogens is 246 g/mol. The minimum absolute atomic E-state index is 0.0356. The van der Waals surface area contributed by atoms with Gasteiger partial charge in [0.05, 0.1) is 11.0 Å². The average Bonchev–Trinajstić information content (AvgIpc) is 2.77. The zero-order chi connectivity index (χ0) is 13.8. The van der Waals surface area contributed by atoms with Crippen LogP contribution in [0, 0.1) is 10.1 Å². The minimum atomic E-state index is -0.442. The van der Waals surface area contributed by atoms with Crippen molar-refractivity contribution in [1.82, 2.24) is 5.32 Å². The van der Waals surface area contributed by atoms with Crippen molar-refractivity contribution in [3.63, 3.8) is 0 Å². The molecule has 1 aromatic rings. The summed E-state index contributed by atoms with van der Waals surface area (Å²) in [4.78, 5) is 23.7. The van der Waals surface area contributed by atoms with Crippen molar-refractivity contribution in [1.29, 1.82) is 0 Å². The van der Waals surface area contributed by atoms with Crippen molar-refractivity contribution in [3.8, 4) is 0 Å². The molecule has 2 rings (SSSR count). The first kappa shape index (κ1) is 13.3. The number of urea groups is 1. The van der Waals surface area contributed by atoms with Gasteiger partial charge in [-0.1, -0.05) is 19.8 Å². The summed E-state index contributed by atoms with van der Waals surface area (Å²) in [7, 11) is 0. The molecule has 0 spiro atoms. The lowest BCUT2D eigenvalue weighted by Gasteiger charge is -2.22. The molecule has 6 nitrogen and oxygen atoms in total. The van der Waals surface area contributed by atoms with E-state index in [9.17, 15) is 14.9 Å². The number of carbonyl (C=O) groups is 1. The number of hydrogen-bond acceptors (Lipinski definition) is 3. The second-order valence-corrected chi connectivity index (χ2v) is 4.63. The number of nitrogens with one attached hydrogen (secondary N) is 1. The number of nitrogens with zero attached hydrogens (tertiary/aromatic N) is 2. The summed E-state index contributed by atoms with van der Waals surface area (Å²) < 4.78 is 0. The fraction of sp³-hybridized carbons (Fsp3) is 0.462. The zero-order valence-electron chi connectivity index (χ0n) is 10.8. The standard InChI is InChI=1S/C13H17N3O3/c1-2-3-4-12-9-14-13(17)15(12)10-5-7-11(8-6-10)16(18)19/h5-8,12H,2-4,9H2,1H3,(H,14,17). The third-order valence-electron chi connectivity index (χ3n) is 3.30. The Hall–Kier alpha value is -2.11. The molecule has 1 aliphatic heterocycles. The van der Waals surface area contributed by atoms with E-state index in [0.29, 0.717) is 12.2 Å². The van der Waals surface area contributed by atoms with E-state index in [0.717, 1.165) is 19.3 Å². The van der Waals surface area contributed by atoms with Crippen LogP contribution in [0.3, 0.4) is 0 Å². The zero-order valence-corrected chi connectivity index (χ0v) is 10.8. The van der Waals surface area contributed by atoms with Gasteiger partial charge in [-0.2, -0.15) is 0 Å². The molecule has 102 valence electrons. The number of amides is 2. The average molecular weight is 263 g/mol. The third kappa shape index (κ3) is 2.83. The smallest absolute Gasteiger partial charge is 0.322 e. The molecule has 0 bridgehead atoms. The maximum Gasteiger partial charge on any atom is 0.322 e. The monoisotopic (exact) mass is 263 g/mol. The second-order valence-electron chi connectivity index (χ2n) is 4.63. The Balaban J connectivity index is 2.17. The van der Waals surface area contributed by atoms with Gasteiger partial charge in [-0.15, -0.1) is 0 Å². The molecule has 2 amide bonds. The second kappa shape index (κ2) is 5.69. The number of anilines is 1. The maximum atomic E-state index is 11.8. The van der Waals surface area contributed by atoms with Crippen LogP contribution in [0.1, 0.15) is 26.2 Å². The number of benzene rings is 1. The molecule has 1 saturated heterocycles. The van der Waals surface area contributed by atoms with E-state index in [1.807, 2.05) is 0 Å². The molecule has 1 unspecified atom stereocenters. The Morgan fingerprint density at radius 1 is 1.42 bits per heavy atom. The van der Waals surface area contributed by atoms with Gasteiger partial charge in [0.1, 0.15) is 0 Å². The molecule has 1 heterocycles. The van der Waals surface area contributed by atoms with Gasteiger partial charge in [0, 0.05) is 24.4 Å². The highest BCUT2D eigenvalue weighted by molar-refractivity contribution is 5.95. The summed E-state index contributed by atoms with van der Waals surface area (Å²) in [5.41, 5.74) is 0.746. The topological polar surface area (TPSA) is 75.5 Å². The van der Waals surface area contributed by atoms with Crippen LogP contribution in [0.15, 0.2) is 24.3 Å². The highest BCUT2D eigenvalue weighted by Gasteiger charge is 2.31. The lowest BCUT2D eigenvalue weighted by molar-refractivity contribution is -0.384. The summed E-state index contributed by atoms with van der Waals surface area (Å²) >= 11 is 0. The van der Waals surface area contributed by atoms with Crippen molar-refractivity contribution in [3.05, 3.63) is 34.4 Å². The van der Waals surface area contributed by atoms with Crippen molar-refractivity contribution in [2.45, 2.75) is 32.2 Å². The highest BCUT2D eigenvalue weighted by Crippen LogP contribution is 2.25. The third-order valence-corrected chi connectivity index (χ3v) is 3.30. The number of rotatable bonds is 5. The van der Waals surface area contributed by atoms with E-state index in [2.05, 4.69) is 12.2 Å². The van der Waals surface area contributed by atoms with Crippen LogP contribution in [0.5, 0.6) is 0 Å². The van der Waals surface area contributed by atoms with Crippen LogP contribution in [0.25, 0.3) is 0 Å². The van der Waals surface area contributed by atoms with E-state index >= 15 is 0 Å². The molecule has 0 radical (unpaired) electrons. The first-order chi connectivity index (χ1) is 9.13. The Labute approximate surface area is 111 Å². The van der Waals surface area contributed by atoms with E-state index in [1.54, 1.807) is 17.0 Å². The predicted molar refractivity (Wildman–Crippen MR) is 72.3 cm³/mol. The number of carbonyl (C=O) groups excluding carboxylic acids is 1. The highest BCUT2D eigenvalue weighted by atomic mass is 16.6. The van der Waals surface area contributed by atoms with Gasteiger partial charge in [-0.3, -0.25) is 15.0 Å². The van der Waals surface area contributed by atoms with Crippen molar-refractivity contribution < 1.29 is 9.72 Å². The Kier molecular flexibility index (Phi) is 3.99. The van der Waals surface area contributed by atoms with Gasteiger partial charge in [0.25, 0.3) is 5.69 Å². The number of hydrogen-bond donors (Lipinski definition) is 1. The van der Waals surface area contributed by atoms with E-state index < -0.39 is 4.92 Å². The number of unbranched alkanes of at least 4 members (excludes halogenated alkanes) is 1. The van der Waals surface area contributed by atoms with Crippen LogP contribution in [0.2, 0.25) is 0 Å². The Morgan fingerprint density at radius 3 is 2.68 bits per heavy atom. The lowest BCUT2D eigenvalue weighted by Crippen LogP contribution is -2.34. The molecule has 1 N–H and O–H groups in total. The summed E-state index contributed by atoms with van der Waals surface area (Å²) in [6, 6.07) is 6.11. The van der Waals surface area contributed by atoms with Crippen molar-refractivity contribution >= 4 is 17.4 Å². The van der Waals surface area contributed by atoms with E-state index in [4.69, 9.17) is 0 Å². The van der Waals surface area contributed by atoms with Gasteiger partial charge < -0.3 is 5.32 Å². The Morgan fingerprint density at radius 2 is 2.11 bits per heavy atom. The maximum absolute atomic E-state index is 11.8. The largest absolute Gasteiger partial charge is 0.336 e. The van der Waals surface area contributed by atoms with Crippen LogP contribution >= 0.6 is 0 Å². The van der Waals surface area contributed by atoms with Crippen LogP contribution in [-0.4, -0.2) is 23.5 Å². The summed E-state index contributed by atoms with van der Waals surface area (Å²) in [5, 5.41) is 13.4. The molecule has 6 heteroatoms. The van der Waals surface area contributed by atoms with Gasteiger partial charge >= 0.3 is 6.03 Å². The molecule has 1 aliphatic rings. The van der Waals surface area contributed by atoms with Crippen LogP contribution in [0.4, 0.5) is 16.2 Å². The van der Waals surface area contributed by atoms with E-state index in [-0.39, 0.29) is 17.8 Å². The molecule has 0 saturated carbocycles. The van der Waals surface area contributed by atoms with Gasteiger partial charge in [-0.25, -0.2) is 4.79 Å². The molecule has 1 aromatic carbocycles. The first-order valence-electron chi connectivity index (χ1n) is 6.45. The molecule has 19 heavy (non-hydrogen) atoms. The Bertz CT molecular complexity index is 473. The quantitative estimate of drug-likeness (QED) is 0.655. The van der Waals surface area contributed by atoms with E-state index in [1.165, 1.54) is 12.1 Å². The molecule has 1 atom stereocenters. The van der Waals surface area contributed by atoms with Crippen LogP contribution in [-0.2, 0) is 0 Å². The van der Waals surface area contributed by atoms with Crippen molar-refractivity contribution in [2.24, 2.45) is 0 Å². The van der Waals surface area contributed by atoms with Gasteiger partial charge in [-0.05, 0) is 18.6 Å². The number of nitro benzene ring substituents is 1. The lowest BCUT2D eigenvalue weighted by atomic mass is 10.1. The fourth-order valence-electron chi connectivity index (χ4n) is 2.28. The molecule has 1 fully saturated rings. The van der Waals surface area contributed by atoms with Gasteiger partial charge in [0.2, 0.25) is 0 Å². The van der Waals surface area contributed by atoms with Gasteiger partial charge in [0.15, 0.2) is 0 Å². The predicted octanol–water partition coefficient (Wildman–Crippen LogP) is 2.68. The summed E-state index contributed by atoms with van der Waals surface area (Å²) in [5.74, 6) is 0. The van der Waals surface area contributed by atoms with Crippen molar-refractivity contribution in [2.75, 3.05) is 11.4 Å². The molecule has 0 aliphatic carbocycles. The summed E-state index contributed by atoms with van der Waals surface area (Å²) in [6.45, 7) is 2.75. The SMILES string of the molecule is CCCCC1CNC(=O)N1c1ccc([N+](=O)[O-])cc1. The number of nitro groups is 1. The first-order valence-corrected chi connectivity index (χ1v) is 6.45. The minimum Gasteiger partial charge on any atom is -0.336 e. The normalized spacial score (nSPS) is 18.5. The molecule has 0 aromatic heterocycles. The molecular formula is C13H17N3O3. The van der Waals surface area contributed by atoms with Crippen LogP contribution < -0.4 is 10.2 Å². The fourth-order valence-corrected chi connectivity index (χ4v) is 2.28. The summed E-state index contributed by atoms with van der Waals surface area (Å²) in [6.07, 6.45) is 3.08. The number of non-ortho nitro benzene ring substituents is 1.